The molecule has 128 valence electrons. The number of phenolic OH excluding ortho intramolecular Hbond substituents is 4. The largest absolute Gasteiger partial charge is 0.504 e. The number of phenols is 4. The minimum atomic E-state index is -0.217. The minimum Gasteiger partial charge on any atom is -0.504 e. The van der Waals surface area contributed by atoms with Gasteiger partial charge in [0.2, 0.25) is 0 Å². The molecule has 0 amide bonds. The highest BCUT2D eigenvalue weighted by atomic mass is 16.3. The van der Waals surface area contributed by atoms with Crippen molar-refractivity contribution in [3.63, 3.8) is 0 Å². The standard InChI is InChI=1S/C20H18O5/c21-16-5-2-13(10-19(16)24)7-12-1-4-15(18(23)9-12)8-14-3-6-17(22)20(25)11-14/h2-3,5-8,10-11,21-22,24-25H,1,4,9H2/b12-7+,15-8+. The van der Waals surface area contributed by atoms with E-state index in [1.54, 1.807) is 18.2 Å². The van der Waals surface area contributed by atoms with Gasteiger partial charge in [-0.25, -0.2) is 0 Å². The fraction of sp³-hybridized carbons (Fsp3) is 0.150. The number of hydrogen-bond acceptors (Lipinski definition) is 5. The maximum atomic E-state index is 12.4. The molecule has 0 saturated heterocycles. The molecular weight excluding hydrogens is 320 g/mol. The number of carbonyl (C=O) groups is 1. The van der Waals surface area contributed by atoms with E-state index in [9.17, 15) is 25.2 Å². The van der Waals surface area contributed by atoms with E-state index in [2.05, 4.69) is 0 Å². The Morgan fingerprint density at radius 1 is 0.720 bits per heavy atom. The summed E-state index contributed by atoms with van der Waals surface area (Å²) in [5.74, 6) is -0.772. The summed E-state index contributed by atoms with van der Waals surface area (Å²) in [6.45, 7) is 0. The molecule has 0 heterocycles. The van der Waals surface area contributed by atoms with Crippen molar-refractivity contribution in [1.29, 1.82) is 0 Å². The van der Waals surface area contributed by atoms with Gasteiger partial charge in [-0.1, -0.05) is 23.8 Å². The van der Waals surface area contributed by atoms with Crippen LogP contribution in [-0.2, 0) is 4.79 Å². The summed E-state index contributed by atoms with van der Waals surface area (Å²) in [5, 5.41) is 37.7. The number of benzene rings is 2. The molecule has 0 unspecified atom stereocenters. The van der Waals surface area contributed by atoms with Crippen LogP contribution in [0.5, 0.6) is 23.0 Å². The molecule has 5 nitrogen and oxygen atoms in total. The van der Waals surface area contributed by atoms with Crippen molar-refractivity contribution in [2.75, 3.05) is 0 Å². The van der Waals surface area contributed by atoms with Crippen LogP contribution in [0.4, 0.5) is 0 Å². The number of rotatable bonds is 2. The third-order valence-corrected chi connectivity index (χ3v) is 4.17. The Morgan fingerprint density at radius 2 is 1.28 bits per heavy atom. The molecule has 1 fully saturated rings. The number of aromatic hydroxyl groups is 4. The minimum absolute atomic E-state index is 0.00747. The molecule has 2 aromatic carbocycles. The Bertz CT molecular complexity index is 893. The lowest BCUT2D eigenvalue weighted by Crippen LogP contribution is -2.10. The molecule has 0 atom stereocenters. The zero-order valence-corrected chi connectivity index (χ0v) is 13.4. The lowest BCUT2D eigenvalue weighted by atomic mass is 9.87. The van der Waals surface area contributed by atoms with Gasteiger partial charge in [-0.2, -0.15) is 0 Å². The van der Waals surface area contributed by atoms with Gasteiger partial charge in [-0.3, -0.25) is 4.79 Å². The second kappa shape index (κ2) is 6.73. The Morgan fingerprint density at radius 3 is 1.80 bits per heavy atom. The molecule has 2 aromatic rings. The van der Waals surface area contributed by atoms with E-state index in [-0.39, 0.29) is 35.2 Å². The fourth-order valence-electron chi connectivity index (χ4n) is 2.82. The van der Waals surface area contributed by atoms with Gasteiger partial charge in [0.25, 0.3) is 0 Å². The molecule has 0 radical (unpaired) electrons. The molecule has 1 aliphatic rings. The van der Waals surface area contributed by atoms with Crippen LogP contribution in [0, 0.1) is 0 Å². The summed E-state index contributed by atoms with van der Waals surface area (Å²) >= 11 is 0. The SMILES string of the molecule is O=C1C/C(=C/c2ccc(O)c(O)c2)CC/C1=C\c1ccc(O)c(O)c1. The zero-order chi connectivity index (χ0) is 18.0. The van der Waals surface area contributed by atoms with Gasteiger partial charge in [-0.15, -0.1) is 0 Å². The summed E-state index contributed by atoms with van der Waals surface area (Å²) in [6.07, 6.45) is 5.15. The maximum Gasteiger partial charge on any atom is 0.162 e. The van der Waals surface area contributed by atoms with Crippen LogP contribution < -0.4 is 0 Å². The zero-order valence-electron chi connectivity index (χ0n) is 13.4. The third kappa shape index (κ3) is 3.83. The van der Waals surface area contributed by atoms with Crippen molar-refractivity contribution in [2.45, 2.75) is 19.3 Å². The first-order valence-corrected chi connectivity index (χ1v) is 7.89. The molecule has 25 heavy (non-hydrogen) atoms. The fourth-order valence-corrected chi connectivity index (χ4v) is 2.82. The van der Waals surface area contributed by atoms with Gasteiger partial charge in [0.1, 0.15) is 0 Å². The second-order valence-electron chi connectivity index (χ2n) is 6.07. The number of hydrogen-bond donors (Lipinski definition) is 4. The van der Waals surface area contributed by atoms with Crippen molar-refractivity contribution >= 4 is 17.9 Å². The van der Waals surface area contributed by atoms with Crippen LogP contribution in [0.25, 0.3) is 12.2 Å². The van der Waals surface area contributed by atoms with Gasteiger partial charge in [0.05, 0.1) is 0 Å². The van der Waals surface area contributed by atoms with Crippen LogP contribution in [0.1, 0.15) is 30.4 Å². The molecule has 3 rings (SSSR count). The molecule has 0 spiro atoms. The lowest BCUT2D eigenvalue weighted by Gasteiger charge is -2.17. The molecule has 1 saturated carbocycles. The predicted octanol–water partition coefficient (Wildman–Crippen LogP) is 3.73. The lowest BCUT2D eigenvalue weighted by molar-refractivity contribution is -0.115. The average molecular weight is 338 g/mol. The van der Waals surface area contributed by atoms with Crippen molar-refractivity contribution in [2.24, 2.45) is 0 Å². The van der Waals surface area contributed by atoms with Crippen LogP contribution in [-0.4, -0.2) is 26.2 Å². The second-order valence-corrected chi connectivity index (χ2v) is 6.07. The first-order valence-electron chi connectivity index (χ1n) is 7.89. The first-order chi connectivity index (χ1) is 11.9. The topological polar surface area (TPSA) is 98.0 Å². The molecular formula is C20H18O5. The van der Waals surface area contributed by atoms with E-state index in [1.165, 1.54) is 24.3 Å². The van der Waals surface area contributed by atoms with E-state index < -0.39 is 0 Å². The number of Topliss-reactive ketones (excluding diaryl/α,β-unsaturated/α-hetero) is 1. The first kappa shape index (κ1) is 16.6. The summed E-state index contributed by atoms with van der Waals surface area (Å²) < 4.78 is 0. The number of allylic oxidation sites excluding steroid dienone is 2. The summed E-state index contributed by atoms with van der Waals surface area (Å²) in [4.78, 5) is 12.4. The molecule has 1 aliphatic carbocycles. The van der Waals surface area contributed by atoms with E-state index in [4.69, 9.17) is 0 Å². The highest BCUT2D eigenvalue weighted by Crippen LogP contribution is 2.32. The van der Waals surface area contributed by atoms with Crippen molar-refractivity contribution < 1.29 is 25.2 Å². The number of carbonyl (C=O) groups excluding carboxylic acids is 1. The van der Waals surface area contributed by atoms with Crippen LogP contribution in [0.3, 0.4) is 0 Å². The van der Waals surface area contributed by atoms with Crippen LogP contribution in [0.2, 0.25) is 0 Å². The highest BCUT2D eigenvalue weighted by Gasteiger charge is 2.19. The van der Waals surface area contributed by atoms with Gasteiger partial charge in [-0.05, 0) is 59.9 Å². The van der Waals surface area contributed by atoms with Crippen molar-refractivity contribution in [3.05, 3.63) is 58.7 Å². The van der Waals surface area contributed by atoms with Gasteiger partial charge in [0.15, 0.2) is 28.8 Å². The summed E-state index contributed by atoms with van der Waals surface area (Å²) in [6, 6.07) is 8.99. The maximum absolute atomic E-state index is 12.4. The Hall–Kier alpha value is -3.21. The smallest absolute Gasteiger partial charge is 0.162 e. The Labute approximate surface area is 144 Å². The van der Waals surface area contributed by atoms with E-state index in [1.807, 2.05) is 6.08 Å². The van der Waals surface area contributed by atoms with Crippen LogP contribution in [0.15, 0.2) is 47.5 Å². The van der Waals surface area contributed by atoms with Gasteiger partial charge < -0.3 is 20.4 Å². The average Bonchev–Trinajstić information content (AvgIpc) is 2.57. The molecule has 0 aliphatic heterocycles. The summed E-state index contributed by atoms with van der Waals surface area (Å²) in [5.41, 5.74) is 3.03. The quantitative estimate of drug-likeness (QED) is 0.494. The Balaban J connectivity index is 1.76. The molecule has 0 aromatic heterocycles. The monoisotopic (exact) mass is 338 g/mol. The summed E-state index contributed by atoms with van der Waals surface area (Å²) in [7, 11) is 0. The third-order valence-electron chi connectivity index (χ3n) is 4.17. The van der Waals surface area contributed by atoms with Crippen molar-refractivity contribution in [3.8, 4) is 23.0 Å². The Kier molecular flexibility index (Phi) is 4.48. The normalized spacial score (nSPS) is 18.0. The van der Waals surface area contributed by atoms with Gasteiger partial charge >= 0.3 is 0 Å². The van der Waals surface area contributed by atoms with Crippen molar-refractivity contribution in [1.82, 2.24) is 0 Å². The molecule has 4 N–H and O–H groups in total. The predicted molar refractivity (Wildman–Crippen MR) is 94.4 cm³/mol. The van der Waals surface area contributed by atoms with E-state index in [0.29, 0.717) is 24.0 Å². The van der Waals surface area contributed by atoms with E-state index in [0.717, 1.165) is 11.1 Å². The number of ketones is 1. The highest BCUT2D eigenvalue weighted by molar-refractivity contribution is 6.02. The van der Waals surface area contributed by atoms with Crippen LogP contribution >= 0.6 is 0 Å². The molecule has 0 bridgehead atoms. The molecule has 5 heteroatoms. The van der Waals surface area contributed by atoms with Gasteiger partial charge in [0, 0.05) is 6.42 Å². The van der Waals surface area contributed by atoms with E-state index >= 15 is 0 Å².